The second-order valence-electron chi connectivity index (χ2n) is 8.40. The first-order valence-electron chi connectivity index (χ1n) is 10.6. The highest BCUT2D eigenvalue weighted by atomic mass is 16.2. The Morgan fingerprint density at radius 3 is 2.32 bits per heavy atom. The van der Waals surface area contributed by atoms with E-state index in [2.05, 4.69) is 29.0 Å². The topological polar surface area (TPSA) is 55.9 Å². The zero-order valence-electron chi connectivity index (χ0n) is 17.7. The van der Waals surface area contributed by atoms with Crippen molar-refractivity contribution >= 4 is 17.5 Å². The van der Waals surface area contributed by atoms with Crippen molar-refractivity contribution in [3.63, 3.8) is 0 Å². The maximum Gasteiger partial charge on any atom is 0.254 e. The number of nitrogens with one attached hydrogen (secondary N) is 1. The van der Waals surface area contributed by atoms with Crippen molar-refractivity contribution in [2.45, 2.75) is 52.1 Å². The van der Waals surface area contributed by atoms with Crippen LogP contribution in [0.4, 0.5) is 5.69 Å². The molecule has 2 amide bonds. The Labute approximate surface area is 168 Å². The van der Waals surface area contributed by atoms with Gasteiger partial charge in [0.25, 0.3) is 5.91 Å². The molecule has 0 saturated carbocycles. The van der Waals surface area contributed by atoms with Crippen LogP contribution in [0.5, 0.6) is 0 Å². The summed E-state index contributed by atoms with van der Waals surface area (Å²) in [7, 11) is 0. The van der Waals surface area contributed by atoms with Gasteiger partial charge in [-0.1, -0.05) is 13.3 Å². The van der Waals surface area contributed by atoms with Crippen LogP contribution in [0, 0.1) is 0 Å². The SMILES string of the molecule is CCC[C@@]1(C)C(=O)NCCN1C(=O)c1ccc(N2CCN(C(C)C)CC2)cc1. The average Bonchev–Trinajstić information content (AvgIpc) is 2.70. The van der Waals surface area contributed by atoms with Crippen LogP contribution in [0.25, 0.3) is 0 Å². The number of hydrogen-bond donors (Lipinski definition) is 1. The van der Waals surface area contributed by atoms with Crippen molar-refractivity contribution in [3.05, 3.63) is 29.8 Å². The van der Waals surface area contributed by atoms with E-state index in [0.717, 1.165) is 38.3 Å². The molecule has 0 spiro atoms. The molecule has 0 radical (unpaired) electrons. The molecule has 3 rings (SSSR count). The Kier molecular flexibility index (Phi) is 6.28. The van der Waals surface area contributed by atoms with Crippen LogP contribution in [0.15, 0.2) is 24.3 Å². The smallest absolute Gasteiger partial charge is 0.254 e. The van der Waals surface area contributed by atoms with Gasteiger partial charge in [0.15, 0.2) is 0 Å². The lowest BCUT2D eigenvalue weighted by atomic mass is 9.90. The molecule has 2 saturated heterocycles. The number of amides is 2. The van der Waals surface area contributed by atoms with E-state index in [0.29, 0.717) is 31.1 Å². The van der Waals surface area contributed by atoms with E-state index in [-0.39, 0.29) is 11.8 Å². The van der Waals surface area contributed by atoms with Crippen LogP contribution in [0.2, 0.25) is 0 Å². The van der Waals surface area contributed by atoms with Gasteiger partial charge in [-0.25, -0.2) is 0 Å². The summed E-state index contributed by atoms with van der Waals surface area (Å²) >= 11 is 0. The third-order valence-electron chi connectivity index (χ3n) is 6.21. The zero-order valence-corrected chi connectivity index (χ0v) is 17.7. The van der Waals surface area contributed by atoms with Gasteiger partial charge in [-0.3, -0.25) is 14.5 Å². The highest BCUT2D eigenvalue weighted by Gasteiger charge is 2.43. The molecule has 2 fully saturated rings. The maximum atomic E-state index is 13.2. The fourth-order valence-electron chi connectivity index (χ4n) is 4.37. The Morgan fingerprint density at radius 1 is 1.11 bits per heavy atom. The summed E-state index contributed by atoms with van der Waals surface area (Å²) < 4.78 is 0. The fourth-order valence-corrected chi connectivity index (χ4v) is 4.37. The van der Waals surface area contributed by atoms with Gasteiger partial charge in [0.05, 0.1) is 0 Å². The zero-order chi connectivity index (χ0) is 20.3. The van der Waals surface area contributed by atoms with Crippen LogP contribution in [0.3, 0.4) is 0 Å². The number of anilines is 1. The van der Waals surface area contributed by atoms with Crippen molar-refractivity contribution in [2.24, 2.45) is 0 Å². The number of piperazine rings is 2. The minimum Gasteiger partial charge on any atom is -0.369 e. The van der Waals surface area contributed by atoms with E-state index in [4.69, 9.17) is 0 Å². The first-order chi connectivity index (χ1) is 13.4. The molecule has 1 aromatic carbocycles. The van der Waals surface area contributed by atoms with Gasteiger partial charge in [-0.05, 0) is 51.5 Å². The molecule has 2 heterocycles. The minimum absolute atomic E-state index is 0.0476. The van der Waals surface area contributed by atoms with Crippen molar-refractivity contribution in [2.75, 3.05) is 44.2 Å². The van der Waals surface area contributed by atoms with E-state index >= 15 is 0 Å². The number of carbonyl (C=O) groups is 2. The molecule has 1 N–H and O–H groups in total. The van der Waals surface area contributed by atoms with Gasteiger partial charge < -0.3 is 15.1 Å². The lowest BCUT2D eigenvalue weighted by Crippen LogP contribution is -2.64. The van der Waals surface area contributed by atoms with Crippen LogP contribution < -0.4 is 10.2 Å². The molecule has 2 aliphatic heterocycles. The van der Waals surface area contributed by atoms with Gasteiger partial charge in [0.1, 0.15) is 5.54 Å². The Morgan fingerprint density at radius 2 is 1.75 bits per heavy atom. The van der Waals surface area contributed by atoms with Crippen LogP contribution >= 0.6 is 0 Å². The number of nitrogens with zero attached hydrogens (tertiary/aromatic N) is 3. The highest BCUT2D eigenvalue weighted by molar-refractivity contribution is 6.00. The fraction of sp³-hybridized carbons (Fsp3) is 0.636. The van der Waals surface area contributed by atoms with Gasteiger partial charge in [-0.2, -0.15) is 0 Å². The summed E-state index contributed by atoms with van der Waals surface area (Å²) in [6.07, 6.45) is 1.53. The molecule has 2 aliphatic rings. The second-order valence-corrected chi connectivity index (χ2v) is 8.40. The summed E-state index contributed by atoms with van der Waals surface area (Å²) in [6, 6.07) is 8.48. The molecular formula is C22H34N4O2. The number of benzene rings is 1. The summed E-state index contributed by atoms with van der Waals surface area (Å²) in [5.74, 6) is -0.101. The average molecular weight is 387 g/mol. The molecule has 0 bridgehead atoms. The molecule has 6 heteroatoms. The van der Waals surface area contributed by atoms with Crippen molar-refractivity contribution in [3.8, 4) is 0 Å². The molecule has 0 aromatic heterocycles. The Balaban J connectivity index is 1.71. The third-order valence-corrected chi connectivity index (χ3v) is 6.21. The highest BCUT2D eigenvalue weighted by Crippen LogP contribution is 2.27. The van der Waals surface area contributed by atoms with E-state index in [1.54, 1.807) is 4.90 Å². The molecule has 154 valence electrons. The Bertz CT molecular complexity index is 695. The minimum atomic E-state index is -0.768. The van der Waals surface area contributed by atoms with Gasteiger partial charge in [0, 0.05) is 56.6 Å². The normalized spacial score (nSPS) is 23.8. The van der Waals surface area contributed by atoms with Gasteiger partial charge in [-0.15, -0.1) is 0 Å². The molecule has 0 unspecified atom stereocenters. The van der Waals surface area contributed by atoms with E-state index in [1.165, 1.54) is 0 Å². The lowest BCUT2D eigenvalue weighted by molar-refractivity contribution is -0.134. The number of carbonyl (C=O) groups excluding carboxylic acids is 2. The number of rotatable bonds is 5. The molecule has 1 aromatic rings. The van der Waals surface area contributed by atoms with Crippen LogP contribution in [0.1, 0.15) is 50.9 Å². The van der Waals surface area contributed by atoms with Gasteiger partial charge in [0.2, 0.25) is 5.91 Å². The maximum absolute atomic E-state index is 13.2. The Hall–Kier alpha value is -2.08. The summed E-state index contributed by atoms with van der Waals surface area (Å²) in [5.41, 5.74) is 1.05. The molecule has 0 aliphatic carbocycles. The van der Waals surface area contributed by atoms with E-state index in [9.17, 15) is 9.59 Å². The lowest BCUT2D eigenvalue weighted by Gasteiger charge is -2.43. The predicted octanol–water partition coefficient (Wildman–Crippen LogP) is 2.35. The standard InChI is InChI=1S/C22H34N4O2/c1-5-10-22(4)21(28)23-11-12-26(22)20(27)18-6-8-19(9-7-18)25-15-13-24(14-16-25)17(2)3/h6-9,17H,5,10-16H2,1-4H3,(H,23,28)/t22-/m0/s1. The first kappa shape index (κ1) is 20.6. The quantitative estimate of drug-likeness (QED) is 0.844. The van der Waals surface area contributed by atoms with Crippen molar-refractivity contribution < 1.29 is 9.59 Å². The van der Waals surface area contributed by atoms with E-state index < -0.39 is 5.54 Å². The molecule has 6 nitrogen and oxygen atoms in total. The molecule has 1 atom stereocenters. The van der Waals surface area contributed by atoms with E-state index in [1.807, 2.05) is 38.1 Å². The van der Waals surface area contributed by atoms with Crippen molar-refractivity contribution in [1.29, 1.82) is 0 Å². The van der Waals surface area contributed by atoms with Crippen LogP contribution in [-0.2, 0) is 4.79 Å². The van der Waals surface area contributed by atoms with Crippen molar-refractivity contribution in [1.82, 2.24) is 15.1 Å². The van der Waals surface area contributed by atoms with Crippen LogP contribution in [-0.4, -0.2) is 72.5 Å². The monoisotopic (exact) mass is 386 g/mol. The first-order valence-corrected chi connectivity index (χ1v) is 10.6. The number of hydrogen-bond acceptors (Lipinski definition) is 4. The third kappa shape index (κ3) is 4.02. The summed E-state index contributed by atoms with van der Waals surface area (Å²) in [6.45, 7) is 13.6. The summed E-state index contributed by atoms with van der Waals surface area (Å²) in [5, 5.41) is 2.91. The predicted molar refractivity (Wildman–Crippen MR) is 113 cm³/mol. The van der Waals surface area contributed by atoms with Gasteiger partial charge >= 0.3 is 0 Å². The molecular weight excluding hydrogens is 352 g/mol. The molecule has 28 heavy (non-hydrogen) atoms. The largest absolute Gasteiger partial charge is 0.369 e. The second kappa shape index (κ2) is 8.52. The summed E-state index contributed by atoms with van der Waals surface area (Å²) in [4.78, 5) is 32.3.